The molecule has 0 amide bonds. The zero-order chi connectivity index (χ0) is 13.2. The molecule has 2 aliphatic rings. The van der Waals surface area contributed by atoms with Gasteiger partial charge in [0, 0.05) is 18.7 Å². The van der Waals surface area contributed by atoms with Crippen LogP contribution in [-0.4, -0.2) is 17.8 Å². The summed E-state index contributed by atoms with van der Waals surface area (Å²) in [5.41, 5.74) is 2.42. The molecule has 3 rings (SSSR count). The van der Waals surface area contributed by atoms with Crippen LogP contribution in [0.5, 0.6) is 0 Å². The Balaban J connectivity index is 1.76. The Morgan fingerprint density at radius 1 is 1.32 bits per heavy atom. The number of nitrogens with one attached hydrogen (secondary N) is 1. The summed E-state index contributed by atoms with van der Waals surface area (Å²) in [5, 5.41) is 12.9. The van der Waals surface area contributed by atoms with Crippen LogP contribution >= 0.6 is 0 Å². The lowest BCUT2D eigenvalue weighted by atomic mass is 9.87. The number of benzene rings is 1. The van der Waals surface area contributed by atoms with E-state index in [-0.39, 0.29) is 18.5 Å². The van der Waals surface area contributed by atoms with Gasteiger partial charge in [-0.25, -0.2) is 4.39 Å². The summed E-state index contributed by atoms with van der Waals surface area (Å²) in [6, 6.07) is 5.83. The minimum absolute atomic E-state index is 0.141. The standard InChI is InChI=1S/C16H22FNO/c17-13-7-6-11-2-1-3-16(14(11)10-13)18-15(8-9-19)12-4-5-12/h6-7,10,12,15-16,18-19H,1-5,8-9H2. The van der Waals surface area contributed by atoms with Crippen molar-refractivity contribution in [1.29, 1.82) is 0 Å². The van der Waals surface area contributed by atoms with Gasteiger partial charge in [0.15, 0.2) is 0 Å². The van der Waals surface area contributed by atoms with Crippen molar-refractivity contribution in [3.63, 3.8) is 0 Å². The van der Waals surface area contributed by atoms with Crippen molar-refractivity contribution in [2.45, 2.75) is 50.6 Å². The first-order valence-electron chi connectivity index (χ1n) is 7.43. The highest BCUT2D eigenvalue weighted by molar-refractivity contribution is 5.33. The number of hydrogen-bond acceptors (Lipinski definition) is 2. The molecule has 1 aromatic carbocycles. The van der Waals surface area contributed by atoms with Crippen molar-refractivity contribution < 1.29 is 9.50 Å². The molecular weight excluding hydrogens is 241 g/mol. The molecule has 0 spiro atoms. The minimum Gasteiger partial charge on any atom is -0.396 e. The highest BCUT2D eigenvalue weighted by Crippen LogP contribution is 2.37. The van der Waals surface area contributed by atoms with Gasteiger partial charge in [0.1, 0.15) is 5.82 Å². The van der Waals surface area contributed by atoms with Gasteiger partial charge >= 0.3 is 0 Å². The third-order valence-electron chi connectivity index (χ3n) is 4.47. The zero-order valence-electron chi connectivity index (χ0n) is 11.2. The van der Waals surface area contributed by atoms with E-state index in [2.05, 4.69) is 5.32 Å². The molecule has 1 fully saturated rings. The van der Waals surface area contributed by atoms with E-state index in [1.54, 1.807) is 12.1 Å². The average molecular weight is 263 g/mol. The van der Waals surface area contributed by atoms with Gasteiger partial charge in [-0.05, 0) is 67.7 Å². The van der Waals surface area contributed by atoms with Crippen LogP contribution in [0.15, 0.2) is 18.2 Å². The molecule has 104 valence electrons. The molecule has 0 heterocycles. The van der Waals surface area contributed by atoms with Crippen molar-refractivity contribution in [3.8, 4) is 0 Å². The molecule has 3 heteroatoms. The van der Waals surface area contributed by atoms with E-state index in [1.165, 1.54) is 18.4 Å². The van der Waals surface area contributed by atoms with E-state index in [0.717, 1.165) is 31.2 Å². The molecule has 0 aromatic heterocycles. The number of halogens is 1. The molecule has 2 aliphatic carbocycles. The van der Waals surface area contributed by atoms with Gasteiger partial charge < -0.3 is 10.4 Å². The Bertz CT molecular complexity index is 444. The SMILES string of the molecule is OCCC(NC1CCCc2ccc(F)cc21)C1CC1. The van der Waals surface area contributed by atoms with Gasteiger partial charge in [0.05, 0.1) is 0 Å². The number of aliphatic hydroxyl groups is 1. The first-order valence-corrected chi connectivity index (χ1v) is 7.43. The lowest BCUT2D eigenvalue weighted by molar-refractivity contribution is 0.244. The number of aryl methyl sites for hydroxylation is 1. The maximum absolute atomic E-state index is 13.5. The van der Waals surface area contributed by atoms with Crippen molar-refractivity contribution in [3.05, 3.63) is 35.1 Å². The molecule has 2 nitrogen and oxygen atoms in total. The van der Waals surface area contributed by atoms with E-state index in [1.807, 2.05) is 6.07 Å². The minimum atomic E-state index is -0.141. The fraction of sp³-hybridized carbons (Fsp3) is 0.625. The van der Waals surface area contributed by atoms with E-state index >= 15 is 0 Å². The number of fused-ring (bicyclic) bond motifs is 1. The summed E-state index contributed by atoms with van der Waals surface area (Å²) >= 11 is 0. The van der Waals surface area contributed by atoms with Crippen LogP contribution < -0.4 is 5.32 Å². The van der Waals surface area contributed by atoms with E-state index < -0.39 is 0 Å². The molecule has 1 aromatic rings. The fourth-order valence-electron chi connectivity index (χ4n) is 3.29. The van der Waals surface area contributed by atoms with E-state index in [0.29, 0.717) is 12.0 Å². The Morgan fingerprint density at radius 2 is 2.16 bits per heavy atom. The van der Waals surface area contributed by atoms with Crippen LogP contribution in [0.4, 0.5) is 4.39 Å². The number of hydrogen-bond donors (Lipinski definition) is 2. The summed E-state index contributed by atoms with van der Waals surface area (Å²) in [6.45, 7) is 0.233. The molecular formula is C16H22FNO. The monoisotopic (exact) mass is 263 g/mol. The van der Waals surface area contributed by atoms with Crippen LogP contribution in [-0.2, 0) is 6.42 Å². The number of aliphatic hydroxyl groups excluding tert-OH is 1. The maximum atomic E-state index is 13.5. The Hall–Kier alpha value is -0.930. The highest BCUT2D eigenvalue weighted by Gasteiger charge is 2.33. The summed E-state index contributed by atoms with van der Waals surface area (Å²) in [7, 11) is 0. The quantitative estimate of drug-likeness (QED) is 0.856. The molecule has 0 saturated heterocycles. The molecule has 2 N–H and O–H groups in total. The second-order valence-electron chi connectivity index (χ2n) is 5.91. The summed E-state index contributed by atoms with van der Waals surface area (Å²) in [5.74, 6) is 0.573. The number of rotatable bonds is 5. The normalized spacial score (nSPS) is 24.0. The van der Waals surface area contributed by atoms with Gasteiger partial charge in [-0.1, -0.05) is 6.07 Å². The molecule has 2 unspecified atom stereocenters. The second kappa shape index (κ2) is 5.59. The smallest absolute Gasteiger partial charge is 0.123 e. The summed E-state index contributed by atoms with van der Waals surface area (Å²) < 4.78 is 13.5. The molecule has 0 bridgehead atoms. The third-order valence-corrected chi connectivity index (χ3v) is 4.47. The lowest BCUT2D eigenvalue weighted by Gasteiger charge is -2.30. The maximum Gasteiger partial charge on any atom is 0.123 e. The molecule has 2 atom stereocenters. The Morgan fingerprint density at radius 3 is 2.89 bits per heavy atom. The van der Waals surface area contributed by atoms with Crippen LogP contribution in [0.25, 0.3) is 0 Å². The Kier molecular flexibility index (Phi) is 3.85. The van der Waals surface area contributed by atoms with Gasteiger partial charge in [-0.2, -0.15) is 0 Å². The predicted octanol–water partition coefficient (Wildman–Crippen LogP) is 2.95. The first kappa shape index (κ1) is 13.1. The van der Waals surface area contributed by atoms with Crippen molar-refractivity contribution in [2.24, 2.45) is 5.92 Å². The Labute approximate surface area is 114 Å². The molecule has 0 aliphatic heterocycles. The van der Waals surface area contributed by atoms with Gasteiger partial charge in [0.25, 0.3) is 0 Å². The van der Waals surface area contributed by atoms with E-state index in [9.17, 15) is 9.50 Å². The van der Waals surface area contributed by atoms with Gasteiger partial charge in [0.2, 0.25) is 0 Å². The van der Waals surface area contributed by atoms with Crippen LogP contribution in [0, 0.1) is 11.7 Å². The zero-order valence-corrected chi connectivity index (χ0v) is 11.2. The second-order valence-corrected chi connectivity index (χ2v) is 5.91. The van der Waals surface area contributed by atoms with Crippen molar-refractivity contribution >= 4 is 0 Å². The lowest BCUT2D eigenvalue weighted by Crippen LogP contribution is -2.37. The fourth-order valence-corrected chi connectivity index (χ4v) is 3.29. The van der Waals surface area contributed by atoms with Crippen LogP contribution in [0.1, 0.15) is 49.3 Å². The van der Waals surface area contributed by atoms with Gasteiger partial charge in [-0.3, -0.25) is 0 Å². The average Bonchev–Trinajstić information content (AvgIpc) is 3.23. The van der Waals surface area contributed by atoms with Gasteiger partial charge in [-0.15, -0.1) is 0 Å². The topological polar surface area (TPSA) is 32.3 Å². The largest absolute Gasteiger partial charge is 0.396 e. The van der Waals surface area contributed by atoms with Crippen molar-refractivity contribution in [2.75, 3.05) is 6.61 Å². The molecule has 1 saturated carbocycles. The third kappa shape index (κ3) is 2.98. The summed E-state index contributed by atoms with van der Waals surface area (Å²) in [6.07, 6.45) is 6.63. The van der Waals surface area contributed by atoms with Crippen molar-refractivity contribution in [1.82, 2.24) is 5.32 Å². The predicted molar refractivity (Wildman–Crippen MR) is 73.4 cm³/mol. The van der Waals surface area contributed by atoms with Crippen LogP contribution in [0.3, 0.4) is 0 Å². The highest BCUT2D eigenvalue weighted by atomic mass is 19.1. The molecule has 19 heavy (non-hydrogen) atoms. The van der Waals surface area contributed by atoms with E-state index in [4.69, 9.17) is 0 Å². The first-order chi connectivity index (χ1) is 9.28. The summed E-state index contributed by atoms with van der Waals surface area (Å²) in [4.78, 5) is 0. The van der Waals surface area contributed by atoms with Crippen LogP contribution in [0.2, 0.25) is 0 Å². The molecule has 0 radical (unpaired) electrons.